The second-order valence-electron chi connectivity index (χ2n) is 4.53. The van der Waals surface area contributed by atoms with E-state index in [-0.39, 0.29) is 11.6 Å². The number of nitrogens with one attached hydrogen (secondary N) is 1. The summed E-state index contributed by atoms with van der Waals surface area (Å²) in [6.07, 6.45) is 1.24. The van der Waals surface area contributed by atoms with Crippen LogP contribution < -0.4 is 10.1 Å². The number of nitrogens with zero attached hydrogens (tertiary/aromatic N) is 4. The fraction of sp³-hybridized carbons (Fsp3) is 0.308. The van der Waals surface area contributed by atoms with Crippen LogP contribution in [0.15, 0.2) is 12.4 Å². The maximum atomic E-state index is 12.1. The van der Waals surface area contributed by atoms with Crippen LogP contribution in [-0.4, -0.2) is 52.9 Å². The van der Waals surface area contributed by atoms with Crippen molar-refractivity contribution in [1.82, 2.24) is 19.9 Å². The zero-order chi connectivity index (χ0) is 16.3. The highest BCUT2D eigenvalue weighted by atomic mass is 32.1. The van der Waals surface area contributed by atoms with E-state index in [1.807, 2.05) is 0 Å². The molecule has 0 saturated carbocycles. The van der Waals surface area contributed by atoms with E-state index in [2.05, 4.69) is 20.3 Å². The number of thiazole rings is 1. The highest BCUT2D eigenvalue weighted by Gasteiger charge is 2.19. The molecule has 2 aromatic rings. The Morgan fingerprint density at radius 1 is 1.32 bits per heavy atom. The molecule has 2 rings (SSSR count). The van der Waals surface area contributed by atoms with Gasteiger partial charge in [0.25, 0.3) is 11.8 Å². The van der Waals surface area contributed by atoms with Gasteiger partial charge in [-0.1, -0.05) is 11.3 Å². The second kappa shape index (κ2) is 6.48. The normalized spacial score (nSPS) is 10.2. The van der Waals surface area contributed by atoms with E-state index in [1.54, 1.807) is 21.0 Å². The fourth-order valence-corrected chi connectivity index (χ4v) is 2.57. The van der Waals surface area contributed by atoms with Crippen molar-refractivity contribution in [3.05, 3.63) is 28.7 Å². The Morgan fingerprint density at radius 3 is 2.68 bits per heavy atom. The lowest BCUT2D eigenvalue weighted by Crippen LogP contribution is -2.21. The summed E-state index contributed by atoms with van der Waals surface area (Å²) in [5.74, 6) is -0.309. The summed E-state index contributed by atoms with van der Waals surface area (Å²) in [4.78, 5) is 37.9. The Morgan fingerprint density at radius 2 is 2.05 bits per heavy atom. The van der Waals surface area contributed by atoms with Gasteiger partial charge in [-0.25, -0.2) is 15.0 Å². The second-order valence-corrected chi connectivity index (χ2v) is 5.53. The van der Waals surface area contributed by atoms with E-state index in [9.17, 15) is 9.59 Å². The van der Waals surface area contributed by atoms with Gasteiger partial charge in [0, 0.05) is 20.2 Å². The molecule has 2 amide bonds. The Kier molecular flexibility index (Phi) is 4.66. The largest absolute Gasteiger partial charge is 0.481 e. The van der Waals surface area contributed by atoms with Crippen LogP contribution in [0.25, 0.3) is 0 Å². The van der Waals surface area contributed by atoms with E-state index < -0.39 is 5.91 Å². The van der Waals surface area contributed by atoms with Crippen molar-refractivity contribution in [3.63, 3.8) is 0 Å². The molecular formula is C13H15N5O3S. The number of aromatic nitrogens is 3. The van der Waals surface area contributed by atoms with E-state index >= 15 is 0 Å². The third-order valence-electron chi connectivity index (χ3n) is 2.70. The average Bonchev–Trinajstić information content (AvgIpc) is 2.86. The molecule has 116 valence electrons. The standard InChI is InChI=1S/C13H15N5O3S/c1-7-10(12(20)18(2)3)22-13(16-7)17-11(19)8-5-9(21-4)15-6-14-8/h5-6H,1-4H3,(H,16,17,19). The van der Waals surface area contributed by atoms with Crippen LogP contribution in [0.2, 0.25) is 0 Å². The van der Waals surface area contributed by atoms with Crippen molar-refractivity contribution in [2.75, 3.05) is 26.5 Å². The van der Waals surface area contributed by atoms with Gasteiger partial charge in [0.05, 0.1) is 12.8 Å². The van der Waals surface area contributed by atoms with E-state index in [1.165, 1.54) is 24.4 Å². The number of hydrogen-bond donors (Lipinski definition) is 1. The molecule has 0 aliphatic rings. The highest BCUT2D eigenvalue weighted by Crippen LogP contribution is 2.24. The molecule has 2 heterocycles. The summed E-state index contributed by atoms with van der Waals surface area (Å²) in [5, 5.41) is 2.95. The maximum Gasteiger partial charge on any atom is 0.276 e. The SMILES string of the molecule is COc1cc(C(=O)Nc2nc(C)c(C(=O)N(C)C)s2)ncn1. The smallest absolute Gasteiger partial charge is 0.276 e. The first kappa shape index (κ1) is 15.8. The van der Waals surface area contributed by atoms with Crippen molar-refractivity contribution < 1.29 is 14.3 Å². The van der Waals surface area contributed by atoms with E-state index in [0.717, 1.165) is 11.3 Å². The number of aryl methyl sites for hydroxylation is 1. The van der Waals surface area contributed by atoms with Crippen LogP contribution >= 0.6 is 11.3 Å². The number of anilines is 1. The first-order valence-corrected chi connectivity index (χ1v) is 7.10. The molecule has 0 atom stereocenters. The summed E-state index contributed by atoms with van der Waals surface area (Å²) in [6.45, 7) is 1.72. The molecule has 0 aromatic carbocycles. The molecule has 9 heteroatoms. The average molecular weight is 321 g/mol. The lowest BCUT2D eigenvalue weighted by Gasteiger charge is -2.07. The first-order valence-electron chi connectivity index (χ1n) is 6.29. The zero-order valence-corrected chi connectivity index (χ0v) is 13.4. The molecule has 0 aliphatic carbocycles. The number of ether oxygens (including phenoxy) is 1. The molecule has 0 aliphatic heterocycles. The van der Waals surface area contributed by atoms with Gasteiger partial charge in [0.2, 0.25) is 5.88 Å². The number of rotatable bonds is 4. The summed E-state index contributed by atoms with van der Waals surface area (Å²) in [6, 6.07) is 1.42. The number of carbonyl (C=O) groups excluding carboxylic acids is 2. The number of amides is 2. The van der Waals surface area contributed by atoms with Crippen molar-refractivity contribution in [2.24, 2.45) is 0 Å². The van der Waals surface area contributed by atoms with Crippen LogP contribution in [-0.2, 0) is 0 Å². The van der Waals surface area contributed by atoms with Crippen molar-refractivity contribution in [3.8, 4) is 5.88 Å². The minimum atomic E-state index is -0.446. The summed E-state index contributed by atoms with van der Waals surface area (Å²) in [7, 11) is 4.77. The summed E-state index contributed by atoms with van der Waals surface area (Å²) >= 11 is 1.12. The molecule has 0 spiro atoms. The minimum Gasteiger partial charge on any atom is -0.481 e. The minimum absolute atomic E-state index is 0.153. The lowest BCUT2D eigenvalue weighted by atomic mass is 10.3. The van der Waals surface area contributed by atoms with Gasteiger partial charge in [0.15, 0.2) is 5.13 Å². The Hall–Kier alpha value is -2.55. The van der Waals surface area contributed by atoms with Gasteiger partial charge in [0.1, 0.15) is 16.9 Å². The summed E-state index contributed by atoms with van der Waals surface area (Å²) < 4.78 is 4.94. The lowest BCUT2D eigenvalue weighted by molar-refractivity contribution is 0.0831. The van der Waals surface area contributed by atoms with Gasteiger partial charge in [-0.2, -0.15) is 0 Å². The third-order valence-corrected chi connectivity index (χ3v) is 3.76. The Balaban J connectivity index is 2.18. The van der Waals surface area contributed by atoms with Crippen LogP contribution in [0.4, 0.5) is 5.13 Å². The molecule has 8 nitrogen and oxygen atoms in total. The number of methoxy groups -OCH3 is 1. The molecule has 2 aromatic heterocycles. The maximum absolute atomic E-state index is 12.1. The predicted octanol–water partition coefficient (Wildman–Crippen LogP) is 1.20. The van der Waals surface area contributed by atoms with Crippen LogP contribution in [0.3, 0.4) is 0 Å². The third kappa shape index (κ3) is 3.37. The molecule has 0 bridgehead atoms. The van der Waals surface area contributed by atoms with Gasteiger partial charge in [-0.3, -0.25) is 14.9 Å². The zero-order valence-electron chi connectivity index (χ0n) is 12.6. The van der Waals surface area contributed by atoms with Crippen molar-refractivity contribution >= 4 is 28.3 Å². The van der Waals surface area contributed by atoms with Gasteiger partial charge < -0.3 is 9.64 Å². The van der Waals surface area contributed by atoms with Crippen LogP contribution in [0.5, 0.6) is 5.88 Å². The fourth-order valence-electron chi connectivity index (χ4n) is 1.59. The number of carbonyl (C=O) groups is 2. The number of hydrogen-bond acceptors (Lipinski definition) is 7. The van der Waals surface area contributed by atoms with Gasteiger partial charge in [-0.15, -0.1) is 0 Å². The first-order chi connectivity index (χ1) is 10.4. The predicted molar refractivity (Wildman–Crippen MR) is 81.4 cm³/mol. The molecule has 0 fully saturated rings. The van der Waals surface area contributed by atoms with Crippen molar-refractivity contribution in [1.29, 1.82) is 0 Å². The van der Waals surface area contributed by atoms with Crippen LogP contribution in [0, 0.1) is 6.92 Å². The quantitative estimate of drug-likeness (QED) is 0.909. The Labute approximate surface area is 131 Å². The van der Waals surface area contributed by atoms with Crippen molar-refractivity contribution in [2.45, 2.75) is 6.92 Å². The monoisotopic (exact) mass is 321 g/mol. The molecular weight excluding hydrogens is 306 g/mol. The topological polar surface area (TPSA) is 97.3 Å². The Bertz CT molecular complexity index is 713. The van der Waals surface area contributed by atoms with E-state index in [4.69, 9.17) is 4.74 Å². The molecule has 0 saturated heterocycles. The van der Waals surface area contributed by atoms with Gasteiger partial charge >= 0.3 is 0 Å². The molecule has 0 unspecified atom stereocenters. The highest BCUT2D eigenvalue weighted by molar-refractivity contribution is 7.17. The molecule has 0 radical (unpaired) electrons. The molecule has 22 heavy (non-hydrogen) atoms. The van der Waals surface area contributed by atoms with Crippen LogP contribution in [0.1, 0.15) is 25.9 Å². The summed E-state index contributed by atoms with van der Waals surface area (Å²) in [5.41, 5.74) is 0.722. The van der Waals surface area contributed by atoms with E-state index in [0.29, 0.717) is 21.6 Å². The molecule has 1 N–H and O–H groups in total. The van der Waals surface area contributed by atoms with Gasteiger partial charge in [-0.05, 0) is 6.92 Å².